The number of primary amides is 1. The Labute approximate surface area is 134 Å². The number of halogens is 1. The van der Waals surface area contributed by atoms with Gasteiger partial charge in [-0.15, -0.1) is 11.8 Å². The lowest BCUT2D eigenvalue weighted by molar-refractivity contribution is -0.127. The van der Waals surface area contributed by atoms with Crippen molar-refractivity contribution >= 4 is 35.2 Å². The van der Waals surface area contributed by atoms with Crippen molar-refractivity contribution in [3.8, 4) is 0 Å². The minimum Gasteiger partial charge on any atom is -0.368 e. The smallest absolute Gasteiger partial charge is 0.240 e. The van der Waals surface area contributed by atoms with Gasteiger partial charge in [-0.25, -0.2) is 0 Å². The SMILES string of the molecule is CCC(C)C(NC(=O)CSCc1cccc(Cl)c1)C(N)=O. The number of nitrogens with two attached hydrogens (primary N) is 1. The van der Waals surface area contributed by atoms with Gasteiger partial charge in [0.15, 0.2) is 0 Å². The largest absolute Gasteiger partial charge is 0.368 e. The number of thioether (sulfide) groups is 1. The Balaban J connectivity index is 2.41. The van der Waals surface area contributed by atoms with E-state index in [1.165, 1.54) is 11.8 Å². The van der Waals surface area contributed by atoms with E-state index in [4.69, 9.17) is 17.3 Å². The van der Waals surface area contributed by atoms with Crippen molar-refractivity contribution in [1.29, 1.82) is 0 Å². The molecule has 0 spiro atoms. The predicted molar refractivity (Wildman–Crippen MR) is 88.2 cm³/mol. The zero-order valence-electron chi connectivity index (χ0n) is 12.3. The summed E-state index contributed by atoms with van der Waals surface area (Å²) in [6.07, 6.45) is 0.781. The topological polar surface area (TPSA) is 72.2 Å². The first kappa shape index (κ1) is 17.9. The minimum absolute atomic E-state index is 0.0318. The average molecular weight is 329 g/mol. The monoisotopic (exact) mass is 328 g/mol. The van der Waals surface area contributed by atoms with Crippen LogP contribution in [0.15, 0.2) is 24.3 Å². The van der Waals surface area contributed by atoms with Crippen LogP contribution in [0.3, 0.4) is 0 Å². The predicted octanol–water partition coefficient (Wildman–Crippen LogP) is 2.59. The lowest BCUT2D eigenvalue weighted by Gasteiger charge is -2.21. The molecule has 2 amide bonds. The van der Waals surface area contributed by atoms with Crippen LogP contribution in [0, 0.1) is 5.92 Å². The lowest BCUT2D eigenvalue weighted by atomic mass is 9.99. The van der Waals surface area contributed by atoms with Crippen LogP contribution in [-0.2, 0) is 15.3 Å². The third-order valence-electron chi connectivity index (χ3n) is 3.23. The van der Waals surface area contributed by atoms with Crippen molar-refractivity contribution in [3.05, 3.63) is 34.9 Å². The van der Waals surface area contributed by atoms with Gasteiger partial charge in [-0.2, -0.15) is 0 Å². The zero-order valence-corrected chi connectivity index (χ0v) is 13.8. The van der Waals surface area contributed by atoms with Gasteiger partial charge in [0.25, 0.3) is 0 Å². The van der Waals surface area contributed by atoms with E-state index in [0.717, 1.165) is 12.0 Å². The molecule has 0 aromatic heterocycles. The summed E-state index contributed by atoms with van der Waals surface area (Å²) < 4.78 is 0. The number of rotatable bonds is 8. The summed E-state index contributed by atoms with van der Waals surface area (Å²) in [5.41, 5.74) is 6.39. The summed E-state index contributed by atoms with van der Waals surface area (Å²) in [7, 11) is 0. The van der Waals surface area contributed by atoms with Crippen LogP contribution in [0.25, 0.3) is 0 Å². The van der Waals surface area contributed by atoms with Gasteiger partial charge in [0.2, 0.25) is 11.8 Å². The average Bonchev–Trinajstić information content (AvgIpc) is 2.43. The quantitative estimate of drug-likeness (QED) is 0.770. The number of carbonyl (C=O) groups is 2. The molecule has 0 heterocycles. The highest BCUT2D eigenvalue weighted by molar-refractivity contribution is 7.99. The van der Waals surface area contributed by atoms with Crippen molar-refractivity contribution in [2.75, 3.05) is 5.75 Å². The molecular formula is C15H21ClN2O2S. The summed E-state index contributed by atoms with van der Waals surface area (Å²) in [5.74, 6) is 0.346. The number of carbonyl (C=O) groups excluding carboxylic acids is 2. The molecule has 0 radical (unpaired) electrons. The fourth-order valence-corrected chi connectivity index (χ4v) is 2.83. The fourth-order valence-electron chi connectivity index (χ4n) is 1.83. The second-order valence-corrected chi connectivity index (χ2v) is 6.38. The van der Waals surface area contributed by atoms with Crippen molar-refractivity contribution < 1.29 is 9.59 Å². The molecule has 3 N–H and O–H groups in total. The van der Waals surface area contributed by atoms with Gasteiger partial charge in [-0.3, -0.25) is 9.59 Å². The number of nitrogens with one attached hydrogen (secondary N) is 1. The molecule has 0 fully saturated rings. The third kappa shape index (κ3) is 6.40. The maximum atomic E-state index is 11.9. The molecule has 0 saturated carbocycles. The molecule has 1 aromatic rings. The molecular weight excluding hydrogens is 308 g/mol. The summed E-state index contributed by atoms with van der Waals surface area (Å²) >= 11 is 7.37. The highest BCUT2D eigenvalue weighted by atomic mass is 35.5. The van der Waals surface area contributed by atoms with Crippen molar-refractivity contribution in [3.63, 3.8) is 0 Å². The maximum absolute atomic E-state index is 11.9. The Hall–Kier alpha value is -1.20. The Bertz CT molecular complexity index is 496. The van der Waals surface area contributed by atoms with Crippen LogP contribution < -0.4 is 11.1 Å². The Morgan fingerprint density at radius 1 is 1.43 bits per heavy atom. The van der Waals surface area contributed by atoms with Gasteiger partial charge in [0.05, 0.1) is 5.75 Å². The van der Waals surface area contributed by atoms with E-state index >= 15 is 0 Å². The number of hydrogen-bond donors (Lipinski definition) is 2. The first-order chi connectivity index (χ1) is 9.93. The summed E-state index contributed by atoms with van der Waals surface area (Å²) in [6.45, 7) is 3.86. The molecule has 4 nitrogen and oxygen atoms in total. The molecule has 0 aliphatic carbocycles. The van der Waals surface area contributed by atoms with Crippen LogP contribution >= 0.6 is 23.4 Å². The molecule has 1 rings (SSSR count). The normalized spacial score (nSPS) is 13.5. The van der Waals surface area contributed by atoms with Crippen LogP contribution in [-0.4, -0.2) is 23.6 Å². The van der Waals surface area contributed by atoms with E-state index < -0.39 is 11.9 Å². The lowest BCUT2D eigenvalue weighted by Crippen LogP contribution is -2.48. The van der Waals surface area contributed by atoms with Crippen LogP contribution in [0.2, 0.25) is 5.02 Å². The first-order valence-electron chi connectivity index (χ1n) is 6.85. The maximum Gasteiger partial charge on any atom is 0.240 e. The Morgan fingerprint density at radius 3 is 2.71 bits per heavy atom. The third-order valence-corrected chi connectivity index (χ3v) is 4.47. The molecule has 21 heavy (non-hydrogen) atoms. The van der Waals surface area contributed by atoms with Gasteiger partial charge >= 0.3 is 0 Å². The van der Waals surface area contributed by atoms with E-state index in [-0.39, 0.29) is 17.6 Å². The summed E-state index contributed by atoms with van der Waals surface area (Å²) in [6, 6.07) is 6.92. The van der Waals surface area contributed by atoms with Crippen molar-refractivity contribution in [1.82, 2.24) is 5.32 Å². The molecule has 1 aromatic carbocycles. The molecule has 2 atom stereocenters. The zero-order chi connectivity index (χ0) is 15.8. The highest BCUT2D eigenvalue weighted by Gasteiger charge is 2.23. The van der Waals surface area contributed by atoms with E-state index in [9.17, 15) is 9.59 Å². The van der Waals surface area contributed by atoms with E-state index in [0.29, 0.717) is 10.8 Å². The fraction of sp³-hybridized carbons (Fsp3) is 0.467. The Kier molecular flexibility index (Phi) is 7.61. The molecule has 0 aliphatic heterocycles. The number of benzene rings is 1. The first-order valence-corrected chi connectivity index (χ1v) is 8.38. The van der Waals surface area contributed by atoms with E-state index in [1.807, 2.05) is 38.1 Å². The van der Waals surface area contributed by atoms with E-state index in [1.54, 1.807) is 0 Å². The number of hydrogen-bond acceptors (Lipinski definition) is 3. The standard InChI is InChI=1S/C15H21ClN2O2S/c1-3-10(2)14(15(17)20)18-13(19)9-21-8-11-5-4-6-12(16)7-11/h4-7,10,14H,3,8-9H2,1-2H3,(H2,17,20)(H,18,19). The van der Waals surface area contributed by atoms with Gasteiger partial charge in [-0.05, 0) is 23.6 Å². The van der Waals surface area contributed by atoms with Gasteiger partial charge < -0.3 is 11.1 Å². The summed E-state index contributed by atoms with van der Waals surface area (Å²) in [5, 5.41) is 3.39. The second kappa shape index (κ2) is 8.95. The highest BCUT2D eigenvalue weighted by Crippen LogP contribution is 2.16. The van der Waals surface area contributed by atoms with Crippen LogP contribution in [0.1, 0.15) is 25.8 Å². The van der Waals surface area contributed by atoms with E-state index in [2.05, 4.69) is 5.32 Å². The minimum atomic E-state index is -0.603. The van der Waals surface area contributed by atoms with Crippen LogP contribution in [0.5, 0.6) is 0 Å². The van der Waals surface area contributed by atoms with Gasteiger partial charge in [0.1, 0.15) is 6.04 Å². The Morgan fingerprint density at radius 2 is 2.14 bits per heavy atom. The molecule has 0 aliphatic rings. The number of amides is 2. The van der Waals surface area contributed by atoms with Gasteiger partial charge in [-0.1, -0.05) is 44.0 Å². The molecule has 0 bridgehead atoms. The van der Waals surface area contributed by atoms with Gasteiger partial charge in [0, 0.05) is 10.8 Å². The summed E-state index contributed by atoms with van der Waals surface area (Å²) in [4.78, 5) is 23.2. The van der Waals surface area contributed by atoms with Crippen molar-refractivity contribution in [2.24, 2.45) is 11.7 Å². The molecule has 6 heteroatoms. The van der Waals surface area contributed by atoms with Crippen LogP contribution in [0.4, 0.5) is 0 Å². The second-order valence-electron chi connectivity index (χ2n) is 4.96. The van der Waals surface area contributed by atoms with Crippen molar-refractivity contribution in [2.45, 2.75) is 32.1 Å². The molecule has 2 unspecified atom stereocenters. The molecule has 0 saturated heterocycles. The molecule has 116 valence electrons.